The number of benzene rings is 2. The second-order valence-electron chi connectivity index (χ2n) is 6.94. The van der Waals surface area contributed by atoms with Gasteiger partial charge >= 0.3 is 5.97 Å². The van der Waals surface area contributed by atoms with E-state index in [1.807, 2.05) is 12.1 Å². The van der Waals surface area contributed by atoms with E-state index < -0.39 is 5.97 Å². The summed E-state index contributed by atoms with van der Waals surface area (Å²) in [5, 5.41) is 0. The molecule has 0 N–H and O–H groups in total. The molecule has 140 valence electrons. The van der Waals surface area contributed by atoms with E-state index in [1.54, 1.807) is 12.1 Å². The summed E-state index contributed by atoms with van der Waals surface area (Å²) in [6.07, 6.45) is 0. The van der Waals surface area contributed by atoms with E-state index in [9.17, 15) is 4.79 Å². The second-order valence-corrected chi connectivity index (χ2v) is 6.94. The van der Waals surface area contributed by atoms with Crippen molar-refractivity contribution >= 4 is 5.97 Å². The molecule has 0 spiro atoms. The molecule has 0 bridgehead atoms. The molecule has 0 radical (unpaired) electrons. The van der Waals surface area contributed by atoms with E-state index in [4.69, 9.17) is 18.9 Å². The molecule has 2 aromatic rings. The number of rotatable bonds is 6. The van der Waals surface area contributed by atoms with Gasteiger partial charge in [0.2, 0.25) is 5.75 Å². The van der Waals surface area contributed by atoms with Crippen molar-refractivity contribution in [1.82, 2.24) is 0 Å². The van der Waals surface area contributed by atoms with Crippen LogP contribution in [0, 0.1) is 0 Å². The van der Waals surface area contributed by atoms with Crippen molar-refractivity contribution in [3.8, 4) is 17.2 Å². The summed E-state index contributed by atoms with van der Waals surface area (Å²) in [4.78, 5) is 12.4. The fourth-order valence-electron chi connectivity index (χ4n) is 2.53. The van der Waals surface area contributed by atoms with E-state index in [-0.39, 0.29) is 12.0 Å². The van der Waals surface area contributed by atoms with E-state index >= 15 is 0 Å². The fourth-order valence-corrected chi connectivity index (χ4v) is 2.53. The van der Waals surface area contributed by atoms with Crippen LogP contribution in [-0.2, 0) is 16.8 Å². The highest BCUT2D eigenvalue weighted by Gasteiger charge is 2.18. The Bertz CT molecular complexity index is 732. The highest BCUT2D eigenvalue weighted by molar-refractivity contribution is 5.91. The molecule has 0 heterocycles. The molecule has 0 aliphatic rings. The third-order valence-electron chi connectivity index (χ3n) is 4.09. The Balaban J connectivity index is 2.13. The maximum Gasteiger partial charge on any atom is 0.338 e. The van der Waals surface area contributed by atoms with Gasteiger partial charge in [0, 0.05) is 0 Å². The Labute approximate surface area is 154 Å². The van der Waals surface area contributed by atoms with Gasteiger partial charge in [0.15, 0.2) is 11.5 Å². The van der Waals surface area contributed by atoms with Gasteiger partial charge in [-0.05, 0) is 28.7 Å². The van der Waals surface area contributed by atoms with Crippen molar-refractivity contribution in [3.05, 3.63) is 53.1 Å². The summed E-state index contributed by atoms with van der Waals surface area (Å²) in [7, 11) is 4.52. The van der Waals surface area contributed by atoms with Crippen molar-refractivity contribution in [2.75, 3.05) is 21.3 Å². The molecular weight excluding hydrogens is 332 g/mol. The molecule has 0 fully saturated rings. The number of carbonyl (C=O) groups is 1. The molecule has 5 heteroatoms. The summed E-state index contributed by atoms with van der Waals surface area (Å²) in [6.45, 7) is 6.67. The number of methoxy groups -OCH3 is 3. The van der Waals surface area contributed by atoms with Crippen molar-refractivity contribution in [2.24, 2.45) is 0 Å². The average Bonchev–Trinajstić information content (AvgIpc) is 2.64. The molecule has 0 unspecified atom stereocenters. The van der Waals surface area contributed by atoms with Crippen LogP contribution in [0.15, 0.2) is 36.4 Å². The number of ether oxygens (including phenoxy) is 4. The molecule has 0 saturated heterocycles. The smallest absolute Gasteiger partial charge is 0.338 e. The van der Waals surface area contributed by atoms with Crippen molar-refractivity contribution in [1.29, 1.82) is 0 Å². The molecule has 26 heavy (non-hydrogen) atoms. The number of carbonyl (C=O) groups excluding carboxylic acids is 1. The minimum Gasteiger partial charge on any atom is -0.493 e. The zero-order valence-corrected chi connectivity index (χ0v) is 16.2. The Hall–Kier alpha value is -2.69. The molecule has 0 aromatic heterocycles. The highest BCUT2D eigenvalue weighted by atomic mass is 16.5. The van der Waals surface area contributed by atoms with Crippen molar-refractivity contribution < 1.29 is 23.7 Å². The maximum atomic E-state index is 12.4. The van der Waals surface area contributed by atoms with Gasteiger partial charge in [-0.1, -0.05) is 45.0 Å². The van der Waals surface area contributed by atoms with Crippen LogP contribution in [0.1, 0.15) is 42.3 Å². The number of esters is 1. The molecule has 0 atom stereocenters. The quantitative estimate of drug-likeness (QED) is 0.718. The molecular formula is C21H26O5. The molecule has 2 rings (SSSR count). The van der Waals surface area contributed by atoms with Crippen LogP contribution in [-0.4, -0.2) is 27.3 Å². The number of hydrogen-bond acceptors (Lipinski definition) is 5. The van der Waals surface area contributed by atoms with Gasteiger partial charge < -0.3 is 18.9 Å². The second kappa shape index (κ2) is 8.13. The first-order valence-electron chi connectivity index (χ1n) is 8.36. The average molecular weight is 358 g/mol. The van der Waals surface area contributed by atoms with Crippen LogP contribution in [0.2, 0.25) is 0 Å². The maximum absolute atomic E-state index is 12.4. The lowest BCUT2D eigenvalue weighted by molar-refractivity contribution is 0.0471. The topological polar surface area (TPSA) is 54.0 Å². The molecule has 2 aromatic carbocycles. The Morgan fingerprint density at radius 2 is 1.42 bits per heavy atom. The zero-order valence-electron chi connectivity index (χ0n) is 16.2. The third kappa shape index (κ3) is 4.48. The highest BCUT2D eigenvalue weighted by Crippen LogP contribution is 2.38. The van der Waals surface area contributed by atoms with Gasteiger partial charge in [0.1, 0.15) is 6.61 Å². The lowest BCUT2D eigenvalue weighted by atomic mass is 9.87. The Morgan fingerprint density at radius 3 is 1.85 bits per heavy atom. The summed E-state index contributed by atoms with van der Waals surface area (Å²) < 4.78 is 21.2. The molecule has 0 saturated carbocycles. The first kappa shape index (κ1) is 19.6. The zero-order chi connectivity index (χ0) is 19.3. The predicted molar refractivity (Wildman–Crippen MR) is 100 cm³/mol. The SMILES string of the molecule is COc1cc(C(=O)OCc2ccc(C(C)(C)C)cc2)cc(OC)c1OC. The fraction of sp³-hybridized carbons (Fsp3) is 0.381. The summed E-state index contributed by atoms with van der Waals surface area (Å²) in [5.74, 6) is 0.801. The van der Waals surface area contributed by atoms with E-state index in [0.29, 0.717) is 22.8 Å². The first-order valence-corrected chi connectivity index (χ1v) is 8.36. The van der Waals surface area contributed by atoms with Crippen LogP contribution in [0.5, 0.6) is 17.2 Å². The van der Waals surface area contributed by atoms with Crippen LogP contribution >= 0.6 is 0 Å². The largest absolute Gasteiger partial charge is 0.493 e. The summed E-state index contributed by atoms with van der Waals surface area (Å²) >= 11 is 0. The third-order valence-corrected chi connectivity index (χ3v) is 4.09. The molecule has 0 aliphatic heterocycles. The van der Waals surface area contributed by atoms with Gasteiger partial charge in [0.25, 0.3) is 0 Å². The number of hydrogen-bond donors (Lipinski definition) is 0. The van der Waals surface area contributed by atoms with E-state index in [1.165, 1.54) is 26.9 Å². The van der Waals surface area contributed by atoms with Crippen molar-refractivity contribution in [3.63, 3.8) is 0 Å². The molecule has 0 aliphatic carbocycles. The minimum absolute atomic E-state index is 0.0887. The van der Waals surface area contributed by atoms with Gasteiger partial charge in [-0.2, -0.15) is 0 Å². The van der Waals surface area contributed by atoms with Crippen LogP contribution in [0.3, 0.4) is 0 Å². The molecule has 0 amide bonds. The van der Waals surface area contributed by atoms with Crippen molar-refractivity contribution in [2.45, 2.75) is 32.8 Å². The van der Waals surface area contributed by atoms with Crippen LogP contribution in [0.4, 0.5) is 0 Å². The van der Waals surface area contributed by atoms with Gasteiger partial charge in [0.05, 0.1) is 26.9 Å². The predicted octanol–water partition coefficient (Wildman–Crippen LogP) is 4.37. The molecule has 5 nitrogen and oxygen atoms in total. The Kier molecular flexibility index (Phi) is 6.14. The lowest BCUT2D eigenvalue weighted by Gasteiger charge is -2.19. The van der Waals surface area contributed by atoms with Gasteiger partial charge in [-0.15, -0.1) is 0 Å². The summed E-state index contributed by atoms with van der Waals surface area (Å²) in [5.41, 5.74) is 2.59. The first-order chi connectivity index (χ1) is 12.3. The van der Waals surface area contributed by atoms with Crippen LogP contribution < -0.4 is 14.2 Å². The monoisotopic (exact) mass is 358 g/mol. The van der Waals surface area contributed by atoms with Gasteiger partial charge in [-0.25, -0.2) is 4.79 Å². The van der Waals surface area contributed by atoms with Crippen LogP contribution in [0.25, 0.3) is 0 Å². The van der Waals surface area contributed by atoms with E-state index in [0.717, 1.165) is 5.56 Å². The van der Waals surface area contributed by atoms with E-state index in [2.05, 4.69) is 32.9 Å². The Morgan fingerprint density at radius 1 is 0.885 bits per heavy atom. The van der Waals surface area contributed by atoms with Gasteiger partial charge in [-0.3, -0.25) is 0 Å². The normalized spacial score (nSPS) is 11.0. The minimum atomic E-state index is -0.454. The standard InChI is InChI=1S/C21H26O5/c1-21(2,3)16-9-7-14(8-10-16)13-26-20(22)15-11-17(23-4)19(25-6)18(12-15)24-5/h7-12H,13H2,1-6H3. The lowest BCUT2D eigenvalue weighted by Crippen LogP contribution is -2.11. The summed E-state index contributed by atoms with van der Waals surface area (Å²) in [6, 6.07) is 11.2.